The first-order valence-corrected chi connectivity index (χ1v) is 7.81. The number of benzene rings is 1. The number of halogens is 2. The number of likely N-dealkylation sites (N-methyl/N-ethyl adjacent to an activating group) is 1. The van der Waals surface area contributed by atoms with E-state index in [0.29, 0.717) is 5.02 Å². The number of ether oxygens (including phenoxy) is 1. The van der Waals surface area contributed by atoms with E-state index in [4.69, 9.17) is 27.9 Å². The molecule has 1 heterocycles. The van der Waals surface area contributed by atoms with Crippen LogP contribution in [0.3, 0.4) is 0 Å². The molecule has 4 nitrogen and oxygen atoms in total. The van der Waals surface area contributed by atoms with Crippen molar-refractivity contribution in [3.05, 3.63) is 29.0 Å². The molecule has 2 rings (SSSR count). The van der Waals surface area contributed by atoms with Crippen LogP contribution in [0, 0.1) is 0 Å². The number of hydrogen-bond acceptors (Lipinski definition) is 3. The molecule has 0 fully saturated rings. The molecule has 2 aromatic rings. The average molecular weight is 330 g/mol. The van der Waals surface area contributed by atoms with Crippen LogP contribution in [-0.2, 0) is 11.3 Å². The fraction of sp³-hybridized carbons (Fsp3) is 0.533. The Morgan fingerprint density at radius 1 is 1.38 bits per heavy atom. The van der Waals surface area contributed by atoms with Crippen LogP contribution in [0.2, 0.25) is 5.02 Å². The number of fused-ring (bicyclic) bond motifs is 1. The van der Waals surface area contributed by atoms with Gasteiger partial charge in [-0.15, -0.1) is 11.6 Å². The van der Waals surface area contributed by atoms with Gasteiger partial charge in [-0.25, -0.2) is 4.98 Å². The Morgan fingerprint density at radius 2 is 2.14 bits per heavy atom. The summed E-state index contributed by atoms with van der Waals surface area (Å²) in [6.07, 6.45) is 0. The van der Waals surface area contributed by atoms with E-state index in [9.17, 15) is 0 Å². The first-order valence-electron chi connectivity index (χ1n) is 7.00. The van der Waals surface area contributed by atoms with Gasteiger partial charge in [-0.1, -0.05) is 11.6 Å². The molecule has 0 amide bonds. The Hall–Kier alpha value is -0.810. The lowest BCUT2D eigenvalue weighted by molar-refractivity contribution is 0.159. The van der Waals surface area contributed by atoms with Crippen molar-refractivity contribution in [2.24, 2.45) is 0 Å². The van der Waals surface area contributed by atoms with Crippen LogP contribution in [0.25, 0.3) is 11.0 Å². The highest BCUT2D eigenvalue weighted by Gasteiger charge is 2.15. The molecule has 21 heavy (non-hydrogen) atoms. The van der Waals surface area contributed by atoms with Gasteiger partial charge in [0.25, 0.3) is 0 Å². The van der Waals surface area contributed by atoms with E-state index < -0.39 is 0 Å². The molecule has 0 spiro atoms. The van der Waals surface area contributed by atoms with E-state index in [0.717, 1.165) is 43.1 Å². The summed E-state index contributed by atoms with van der Waals surface area (Å²) >= 11 is 12.4. The minimum Gasteiger partial charge on any atom is -0.383 e. The maximum Gasteiger partial charge on any atom is 0.127 e. The Kier molecular flexibility index (Phi) is 5.88. The Labute approximate surface area is 135 Å². The topological polar surface area (TPSA) is 30.3 Å². The molecular weight excluding hydrogens is 309 g/mol. The molecule has 1 atom stereocenters. The lowest BCUT2D eigenvalue weighted by atomic mass is 10.3. The van der Waals surface area contributed by atoms with Crippen LogP contribution >= 0.6 is 23.2 Å². The number of rotatable bonds is 7. The summed E-state index contributed by atoms with van der Waals surface area (Å²) in [6.45, 7) is 5.29. The van der Waals surface area contributed by atoms with E-state index in [2.05, 4.69) is 21.5 Å². The van der Waals surface area contributed by atoms with Crippen LogP contribution in [0.5, 0.6) is 0 Å². The monoisotopic (exact) mass is 329 g/mol. The van der Waals surface area contributed by atoms with Gasteiger partial charge in [-0.3, -0.25) is 0 Å². The molecule has 6 heteroatoms. The van der Waals surface area contributed by atoms with Crippen molar-refractivity contribution in [3.63, 3.8) is 0 Å². The van der Waals surface area contributed by atoms with Crippen molar-refractivity contribution in [1.29, 1.82) is 0 Å². The zero-order valence-corrected chi connectivity index (χ0v) is 14.2. The van der Waals surface area contributed by atoms with E-state index in [1.54, 1.807) is 7.11 Å². The van der Waals surface area contributed by atoms with Crippen molar-refractivity contribution in [2.45, 2.75) is 18.8 Å². The van der Waals surface area contributed by atoms with Gasteiger partial charge in [0.1, 0.15) is 5.82 Å². The molecule has 0 aliphatic rings. The predicted molar refractivity (Wildman–Crippen MR) is 88.4 cm³/mol. The zero-order valence-electron chi connectivity index (χ0n) is 12.6. The minimum atomic E-state index is -0.138. The summed E-state index contributed by atoms with van der Waals surface area (Å²) in [6, 6.07) is 5.74. The van der Waals surface area contributed by atoms with Gasteiger partial charge in [0.2, 0.25) is 0 Å². The van der Waals surface area contributed by atoms with Gasteiger partial charge in [-0.2, -0.15) is 0 Å². The third-order valence-electron chi connectivity index (χ3n) is 3.48. The fourth-order valence-electron chi connectivity index (χ4n) is 2.28. The van der Waals surface area contributed by atoms with Crippen molar-refractivity contribution in [1.82, 2.24) is 14.5 Å². The van der Waals surface area contributed by atoms with Crippen LogP contribution in [-0.4, -0.2) is 48.3 Å². The largest absolute Gasteiger partial charge is 0.383 e. The van der Waals surface area contributed by atoms with Crippen LogP contribution in [0.1, 0.15) is 18.1 Å². The summed E-state index contributed by atoms with van der Waals surface area (Å²) in [5, 5.41) is 0.575. The highest BCUT2D eigenvalue weighted by molar-refractivity contribution is 6.31. The average Bonchev–Trinajstić information content (AvgIpc) is 2.81. The number of methoxy groups -OCH3 is 1. The molecule has 116 valence electrons. The van der Waals surface area contributed by atoms with E-state index in [-0.39, 0.29) is 5.38 Å². The van der Waals surface area contributed by atoms with Crippen molar-refractivity contribution in [2.75, 3.05) is 33.9 Å². The van der Waals surface area contributed by atoms with E-state index in [1.807, 2.05) is 25.1 Å². The maximum atomic E-state index is 6.27. The van der Waals surface area contributed by atoms with Gasteiger partial charge in [0.15, 0.2) is 0 Å². The molecule has 0 radical (unpaired) electrons. The quantitative estimate of drug-likeness (QED) is 0.727. The third kappa shape index (κ3) is 4.10. The first kappa shape index (κ1) is 16.6. The zero-order chi connectivity index (χ0) is 15.4. The normalized spacial score (nSPS) is 13.2. The van der Waals surface area contributed by atoms with Gasteiger partial charge >= 0.3 is 0 Å². The summed E-state index contributed by atoms with van der Waals surface area (Å²) in [5.74, 6) is 0.883. The summed E-state index contributed by atoms with van der Waals surface area (Å²) in [5.41, 5.74) is 1.96. The number of imidazole rings is 1. The predicted octanol–water partition coefficient (Wildman–Crippen LogP) is 3.57. The third-order valence-corrected chi connectivity index (χ3v) is 3.91. The molecule has 0 bridgehead atoms. The molecule has 1 unspecified atom stereocenters. The van der Waals surface area contributed by atoms with Crippen molar-refractivity contribution in [3.8, 4) is 0 Å². The number of alkyl halides is 1. The lowest BCUT2D eigenvalue weighted by Crippen LogP contribution is -2.27. The summed E-state index contributed by atoms with van der Waals surface area (Å²) in [7, 11) is 3.79. The van der Waals surface area contributed by atoms with Gasteiger partial charge in [-0.05, 0) is 32.2 Å². The van der Waals surface area contributed by atoms with Crippen LogP contribution < -0.4 is 0 Å². The molecule has 0 N–H and O–H groups in total. The lowest BCUT2D eigenvalue weighted by Gasteiger charge is -2.18. The number of nitrogens with zero attached hydrogens (tertiary/aromatic N) is 3. The highest BCUT2D eigenvalue weighted by Crippen LogP contribution is 2.26. The maximum absolute atomic E-state index is 6.27. The number of aromatic nitrogens is 2. The SMILES string of the molecule is COCCN(C)CCn1c(C(C)Cl)nc2ccc(Cl)cc21. The van der Waals surface area contributed by atoms with E-state index >= 15 is 0 Å². The molecule has 1 aromatic heterocycles. The molecular formula is C15H21Cl2N3O. The molecule has 0 aliphatic heterocycles. The molecule has 0 saturated carbocycles. The van der Waals surface area contributed by atoms with Crippen molar-refractivity contribution >= 4 is 34.2 Å². The number of hydrogen-bond donors (Lipinski definition) is 0. The van der Waals surface area contributed by atoms with Gasteiger partial charge in [0.05, 0.1) is 23.0 Å². The second kappa shape index (κ2) is 7.45. The Morgan fingerprint density at radius 3 is 2.81 bits per heavy atom. The summed E-state index contributed by atoms with van der Waals surface area (Å²) in [4.78, 5) is 6.85. The highest BCUT2D eigenvalue weighted by atomic mass is 35.5. The van der Waals surface area contributed by atoms with E-state index in [1.165, 1.54) is 0 Å². The molecule has 0 aliphatic carbocycles. The second-order valence-corrected chi connectivity index (χ2v) is 6.26. The molecule has 0 saturated heterocycles. The standard InChI is InChI=1S/C15H21Cl2N3O/c1-11(16)15-18-13-5-4-12(17)10-14(13)20(15)7-6-19(2)8-9-21-3/h4-5,10-11H,6-9H2,1-3H3. The van der Waals surface area contributed by atoms with Crippen LogP contribution in [0.4, 0.5) is 0 Å². The fourth-order valence-corrected chi connectivity index (χ4v) is 2.62. The Balaban J connectivity index is 2.23. The van der Waals surface area contributed by atoms with Gasteiger partial charge in [0, 0.05) is 31.8 Å². The summed E-state index contributed by atoms with van der Waals surface area (Å²) < 4.78 is 7.25. The Bertz CT molecular complexity index is 598. The first-order chi connectivity index (χ1) is 10.0. The molecule has 1 aromatic carbocycles. The van der Waals surface area contributed by atoms with Gasteiger partial charge < -0.3 is 14.2 Å². The minimum absolute atomic E-state index is 0.138. The second-order valence-electron chi connectivity index (χ2n) is 5.17. The van der Waals surface area contributed by atoms with Crippen LogP contribution in [0.15, 0.2) is 18.2 Å². The van der Waals surface area contributed by atoms with Crippen molar-refractivity contribution < 1.29 is 4.74 Å². The smallest absolute Gasteiger partial charge is 0.127 e.